The fourth-order valence-electron chi connectivity index (χ4n) is 0.989. The van der Waals surface area contributed by atoms with Gasteiger partial charge in [-0.3, -0.25) is 0 Å². The lowest BCUT2D eigenvalue weighted by Gasteiger charge is -2.02. The number of rotatable bonds is 2. The molecule has 60 valence electrons. The lowest BCUT2D eigenvalue weighted by Crippen LogP contribution is -1.95. The second-order valence-corrected chi connectivity index (χ2v) is 4.74. The van der Waals surface area contributed by atoms with Crippen molar-refractivity contribution >= 4 is 22.6 Å². The first-order valence-electron chi connectivity index (χ1n) is 3.57. The van der Waals surface area contributed by atoms with Gasteiger partial charge in [-0.25, -0.2) is 4.39 Å². The molecule has 0 heterocycles. The molecule has 0 unspecified atom stereocenters. The van der Waals surface area contributed by atoms with E-state index in [0.717, 1.165) is 12.0 Å². The summed E-state index contributed by atoms with van der Waals surface area (Å²) in [7, 11) is 0. The molecular weight excluding hydrogens is 254 g/mol. The van der Waals surface area contributed by atoms with Gasteiger partial charge in [0, 0.05) is 3.92 Å². The standard InChI is InChI=1S/C9H10FI/c1-7(11)5-8-3-2-4-9(10)6-8/h2-4,6-7H,5H2,1H3/t7-/m1/s1. The molecule has 0 bridgehead atoms. The van der Waals surface area contributed by atoms with Crippen LogP contribution in [-0.4, -0.2) is 3.92 Å². The third-order valence-electron chi connectivity index (χ3n) is 1.41. The molecule has 0 radical (unpaired) electrons. The predicted octanol–water partition coefficient (Wildman–Crippen LogP) is 3.19. The summed E-state index contributed by atoms with van der Waals surface area (Å²) in [5, 5.41) is 0. The van der Waals surface area contributed by atoms with Gasteiger partial charge < -0.3 is 0 Å². The van der Waals surface area contributed by atoms with Crippen molar-refractivity contribution < 1.29 is 4.39 Å². The highest BCUT2D eigenvalue weighted by Crippen LogP contribution is 2.10. The summed E-state index contributed by atoms with van der Waals surface area (Å²) in [6, 6.07) is 6.78. The number of halogens is 2. The Morgan fingerprint density at radius 3 is 2.82 bits per heavy atom. The van der Waals surface area contributed by atoms with Crippen LogP contribution in [0.4, 0.5) is 4.39 Å². The first kappa shape index (κ1) is 8.97. The van der Waals surface area contributed by atoms with E-state index < -0.39 is 0 Å². The summed E-state index contributed by atoms with van der Waals surface area (Å²) in [5.74, 6) is -0.139. The third-order valence-corrected chi connectivity index (χ3v) is 1.85. The van der Waals surface area contributed by atoms with Crippen LogP contribution in [0.2, 0.25) is 0 Å². The molecule has 0 nitrogen and oxygen atoms in total. The van der Waals surface area contributed by atoms with Crippen molar-refractivity contribution in [3.8, 4) is 0 Å². The molecule has 0 saturated carbocycles. The summed E-state index contributed by atoms with van der Waals surface area (Å²) in [5.41, 5.74) is 1.08. The summed E-state index contributed by atoms with van der Waals surface area (Å²) in [6.07, 6.45) is 0.943. The van der Waals surface area contributed by atoms with Crippen LogP contribution in [0.3, 0.4) is 0 Å². The van der Waals surface area contributed by atoms with Crippen molar-refractivity contribution in [3.63, 3.8) is 0 Å². The number of alkyl halides is 1. The zero-order chi connectivity index (χ0) is 8.27. The smallest absolute Gasteiger partial charge is 0.123 e. The molecule has 0 aromatic heterocycles. The van der Waals surface area contributed by atoms with Gasteiger partial charge in [-0.1, -0.05) is 41.6 Å². The first-order valence-corrected chi connectivity index (χ1v) is 4.81. The minimum atomic E-state index is -0.139. The minimum Gasteiger partial charge on any atom is -0.207 e. The molecule has 0 spiro atoms. The van der Waals surface area contributed by atoms with Crippen molar-refractivity contribution in [3.05, 3.63) is 35.6 Å². The number of benzene rings is 1. The zero-order valence-electron chi connectivity index (χ0n) is 6.35. The van der Waals surface area contributed by atoms with E-state index >= 15 is 0 Å². The van der Waals surface area contributed by atoms with Crippen LogP contribution < -0.4 is 0 Å². The van der Waals surface area contributed by atoms with Gasteiger partial charge in [0.1, 0.15) is 5.82 Å². The topological polar surface area (TPSA) is 0 Å². The van der Waals surface area contributed by atoms with E-state index in [2.05, 4.69) is 29.5 Å². The molecule has 1 atom stereocenters. The van der Waals surface area contributed by atoms with Crippen molar-refractivity contribution in [1.29, 1.82) is 0 Å². The van der Waals surface area contributed by atoms with Crippen molar-refractivity contribution in [2.45, 2.75) is 17.3 Å². The van der Waals surface area contributed by atoms with E-state index in [9.17, 15) is 4.39 Å². The maximum atomic E-state index is 12.6. The van der Waals surface area contributed by atoms with E-state index in [0.29, 0.717) is 3.92 Å². The van der Waals surface area contributed by atoms with Crippen molar-refractivity contribution in [2.75, 3.05) is 0 Å². The first-order chi connectivity index (χ1) is 5.18. The number of hydrogen-bond donors (Lipinski definition) is 0. The average molecular weight is 264 g/mol. The van der Waals surface area contributed by atoms with Crippen LogP contribution in [0.1, 0.15) is 12.5 Å². The molecule has 0 saturated heterocycles. The summed E-state index contributed by atoms with van der Waals surface area (Å²) >= 11 is 2.34. The van der Waals surface area contributed by atoms with Gasteiger partial charge in [-0.15, -0.1) is 0 Å². The van der Waals surface area contributed by atoms with Crippen LogP contribution in [0.5, 0.6) is 0 Å². The fourth-order valence-corrected chi connectivity index (χ4v) is 1.50. The molecule has 0 N–H and O–H groups in total. The Morgan fingerprint density at radius 1 is 1.55 bits per heavy atom. The maximum Gasteiger partial charge on any atom is 0.123 e. The molecule has 0 aliphatic heterocycles. The molecule has 1 aromatic carbocycles. The molecule has 1 aromatic rings. The van der Waals surface area contributed by atoms with Gasteiger partial charge in [-0.05, 0) is 24.1 Å². The lowest BCUT2D eigenvalue weighted by molar-refractivity contribution is 0.625. The van der Waals surface area contributed by atoms with E-state index in [1.807, 2.05) is 6.07 Å². The van der Waals surface area contributed by atoms with Crippen LogP contribution in [0.25, 0.3) is 0 Å². The van der Waals surface area contributed by atoms with Gasteiger partial charge >= 0.3 is 0 Å². The normalized spacial score (nSPS) is 13.0. The largest absolute Gasteiger partial charge is 0.207 e. The van der Waals surface area contributed by atoms with E-state index in [-0.39, 0.29) is 5.82 Å². The van der Waals surface area contributed by atoms with E-state index in [1.165, 1.54) is 6.07 Å². The molecule has 2 heteroatoms. The molecule has 11 heavy (non-hydrogen) atoms. The molecule has 0 aliphatic rings. The van der Waals surface area contributed by atoms with Crippen LogP contribution in [-0.2, 0) is 6.42 Å². The van der Waals surface area contributed by atoms with Gasteiger partial charge in [0.05, 0.1) is 0 Å². The van der Waals surface area contributed by atoms with Crippen molar-refractivity contribution in [2.24, 2.45) is 0 Å². The molecular formula is C9H10FI. The van der Waals surface area contributed by atoms with Gasteiger partial charge in [-0.2, -0.15) is 0 Å². The second kappa shape index (κ2) is 4.04. The number of hydrogen-bond acceptors (Lipinski definition) is 0. The Balaban J connectivity index is 2.71. The Hall–Kier alpha value is -0.120. The molecule has 0 amide bonds. The Labute approximate surface area is 80.0 Å². The average Bonchev–Trinajstić information content (AvgIpc) is 1.85. The molecule has 0 fully saturated rings. The predicted molar refractivity (Wildman–Crippen MR) is 53.6 cm³/mol. The monoisotopic (exact) mass is 264 g/mol. The molecule has 0 aliphatic carbocycles. The van der Waals surface area contributed by atoms with Crippen LogP contribution >= 0.6 is 22.6 Å². The SMILES string of the molecule is C[C@@H](I)Cc1cccc(F)c1. The summed E-state index contributed by atoms with van der Waals surface area (Å²) in [4.78, 5) is 0. The van der Waals surface area contributed by atoms with Crippen LogP contribution in [0, 0.1) is 5.82 Å². The van der Waals surface area contributed by atoms with Crippen LogP contribution in [0.15, 0.2) is 24.3 Å². The maximum absolute atomic E-state index is 12.6. The fraction of sp³-hybridized carbons (Fsp3) is 0.333. The Bertz CT molecular complexity index is 233. The highest BCUT2D eigenvalue weighted by Gasteiger charge is 1.98. The van der Waals surface area contributed by atoms with Gasteiger partial charge in [0.15, 0.2) is 0 Å². The van der Waals surface area contributed by atoms with E-state index in [1.54, 1.807) is 12.1 Å². The minimum absolute atomic E-state index is 0.139. The second-order valence-electron chi connectivity index (χ2n) is 2.61. The molecule has 1 rings (SSSR count). The summed E-state index contributed by atoms with van der Waals surface area (Å²) in [6.45, 7) is 2.12. The van der Waals surface area contributed by atoms with E-state index in [4.69, 9.17) is 0 Å². The highest BCUT2D eigenvalue weighted by molar-refractivity contribution is 14.1. The highest BCUT2D eigenvalue weighted by atomic mass is 127. The Kier molecular flexibility index (Phi) is 3.30. The lowest BCUT2D eigenvalue weighted by atomic mass is 10.1. The Morgan fingerprint density at radius 2 is 2.27 bits per heavy atom. The van der Waals surface area contributed by atoms with Gasteiger partial charge in [0.2, 0.25) is 0 Å². The van der Waals surface area contributed by atoms with Crippen molar-refractivity contribution in [1.82, 2.24) is 0 Å². The van der Waals surface area contributed by atoms with Gasteiger partial charge in [0.25, 0.3) is 0 Å². The summed E-state index contributed by atoms with van der Waals surface area (Å²) < 4.78 is 13.2. The zero-order valence-corrected chi connectivity index (χ0v) is 8.51. The third kappa shape index (κ3) is 3.18. The quantitative estimate of drug-likeness (QED) is 0.568.